The van der Waals surface area contributed by atoms with Gasteiger partial charge in [-0.1, -0.05) is 51.4 Å². The Kier molecular flexibility index (Phi) is 11.3. The minimum Gasteiger partial charge on any atom is -0.481 e. The largest absolute Gasteiger partial charge is 0.481 e. The zero-order valence-corrected chi connectivity index (χ0v) is 11.5. The lowest BCUT2D eigenvalue weighted by Crippen LogP contribution is -2.18. The zero-order valence-electron chi connectivity index (χ0n) is 11.5. The summed E-state index contributed by atoms with van der Waals surface area (Å²) < 4.78 is 0. The summed E-state index contributed by atoms with van der Waals surface area (Å²) in [5, 5.41) is 26.0. The SMILES string of the molecule is O=C(O)CCCCCCCCCCCC(O)C(=O)O. The van der Waals surface area contributed by atoms with Crippen LogP contribution in [0.1, 0.15) is 70.6 Å². The van der Waals surface area contributed by atoms with E-state index in [0.717, 1.165) is 57.8 Å². The fraction of sp³-hybridized carbons (Fsp3) is 0.857. The minimum atomic E-state index is -1.21. The van der Waals surface area contributed by atoms with E-state index in [1.165, 1.54) is 0 Å². The highest BCUT2D eigenvalue weighted by Gasteiger charge is 2.11. The average molecular weight is 274 g/mol. The molecular weight excluding hydrogens is 248 g/mol. The molecule has 0 saturated heterocycles. The number of hydrogen-bond donors (Lipinski definition) is 3. The monoisotopic (exact) mass is 274 g/mol. The van der Waals surface area contributed by atoms with Crippen molar-refractivity contribution in [2.45, 2.75) is 76.7 Å². The topological polar surface area (TPSA) is 94.8 Å². The number of aliphatic carboxylic acids is 2. The van der Waals surface area contributed by atoms with Gasteiger partial charge in [0, 0.05) is 6.42 Å². The number of aliphatic hydroxyl groups is 1. The van der Waals surface area contributed by atoms with Gasteiger partial charge >= 0.3 is 11.9 Å². The lowest BCUT2D eigenvalue weighted by atomic mass is 10.0. The third-order valence-corrected chi connectivity index (χ3v) is 3.15. The average Bonchev–Trinajstić information content (AvgIpc) is 2.35. The first-order chi connectivity index (χ1) is 9.04. The molecule has 0 radical (unpaired) electrons. The summed E-state index contributed by atoms with van der Waals surface area (Å²) in [5.41, 5.74) is 0. The second-order valence-corrected chi connectivity index (χ2v) is 4.97. The van der Waals surface area contributed by atoms with Gasteiger partial charge in [-0.2, -0.15) is 0 Å². The maximum absolute atomic E-state index is 10.3. The van der Waals surface area contributed by atoms with Gasteiger partial charge < -0.3 is 15.3 Å². The number of carboxylic acid groups (broad SMARTS) is 2. The van der Waals surface area contributed by atoms with E-state index in [0.29, 0.717) is 6.42 Å². The Balaban J connectivity index is 3.11. The molecule has 0 saturated carbocycles. The molecular formula is C14H26O5. The van der Waals surface area contributed by atoms with Crippen molar-refractivity contribution in [3.8, 4) is 0 Å². The lowest BCUT2D eigenvalue weighted by Gasteiger charge is -2.05. The molecule has 0 aliphatic heterocycles. The van der Waals surface area contributed by atoms with Crippen LogP contribution in [0.2, 0.25) is 0 Å². The zero-order chi connectivity index (χ0) is 14.5. The standard InChI is InChI=1S/C14H26O5/c15-12(14(18)19)10-8-6-4-2-1-3-5-7-9-11-13(16)17/h12,15H,1-11H2,(H,16,17)(H,18,19). The van der Waals surface area contributed by atoms with Gasteiger partial charge in [-0.3, -0.25) is 4.79 Å². The number of hydrogen-bond acceptors (Lipinski definition) is 3. The molecule has 1 atom stereocenters. The summed E-state index contributed by atoms with van der Waals surface area (Å²) in [6, 6.07) is 0. The Labute approximate surface area is 114 Å². The van der Waals surface area contributed by atoms with Crippen LogP contribution in [-0.2, 0) is 9.59 Å². The maximum Gasteiger partial charge on any atom is 0.332 e. The fourth-order valence-electron chi connectivity index (χ4n) is 1.97. The molecule has 0 amide bonds. The molecule has 112 valence electrons. The molecule has 0 aliphatic carbocycles. The van der Waals surface area contributed by atoms with Crippen LogP contribution < -0.4 is 0 Å². The Hall–Kier alpha value is -1.10. The molecule has 0 heterocycles. The van der Waals surface area contributed by atoms with Crippen molar-refractivity contribution in [3.05, 3.63) is 0 Å². The van der Waals surface area contributed by atoms with E-state index in [9.17, 15) is 9.59 Å². The van der Waals surface area contributed by atoms with Gasteiger partial charge in [0.05, 0.1) is 0 Å². The fourth-order valence-corrected chi connectivity index (χ4v) is 1.97. The normalized spacial score (nSPS) is 12.3. The van der Waals surface area contributed by atoms with Crippen LogP contribution in [-0.4, -0.2) is 33.4 Å². The molecule has 0 aromatic carbocycles. The summed E-state index contributed by atoms with van der Waals surface area (Å²) in [6.07, 6.45) is 8.43. The molecule has 3 N–H and O–H groups in total. The number of carbonyl (C=O) groups is 2. The van der Waals surface area contributed by atoms with Crippen LogP contribution in [0.4, 0.5) is 0 Å². The summed E-state index contributed by atoms with van der Waals surface area (Å²) in [6.45, 7) is 0. The summed E-state index contributed by atoms with van der Waals surface area (Å²) >= 11 is 0. The van der Waals surface area contributed by atoms with Crippen LogP contribution in [0.3, 0.4) is 0 Å². The summed E-state index contributed by atoms with van der Waals surface area (Å²) in [5.74, 6) is -1.86. The van der Waals surface area contributed by atoms with Gasteiger partial charge in [0.25, 0.3) is 0 Å². The molecule has 19 heavy (non-hydrogen) atoms. The Morgan fingerprint density at radius 1 is 0.737 bits per heavy atom. The maximum atomic E-state index is 10.3. The third kappa shape index (κ3) is 13.1. The lowest BCUT2D eigenvalue weighted by molar-refractivity contribution is -0.147. The van der Waals surface area contributed by atoms with E-state index >= 15 is 0 Å². The van der Waals surface area contributed by atoms with E-state index < -0.39 is 18.0 Å². The molecule has 0 aliphatic rings. The molecule has 0 bridgehead atoms. The van der Waals surface area contributed by atoms with Crippen LogP contribution in [0, 0.1) is 0 Å². The van der Waals surface area contributed by atoms with Crippen molar-refractivity contribution >= 4 is 11.9 Å². The third-order valence-electron chi connectivity index (χ3n) is 3.15. The van der Waals surface area contributed by atoms with Gasteiger partial charge in [-0.05, 0) is 12.8 Å². The minimum absolute atomic E-state index is 0.270. The molecule has 0 aromatic rings. The van der Waals surface area contributed by atoms with Crippen molar-refractivity contribution in [1.29, 1.82) is 0 Å². The van der Waals surface area contributed by atoms with Gasteiger partial charge in [-0.25, -0.2) is 4.79 Å². The van der Waals surface area contributed by atoms with Crippen LogP contribution in [0.25, 0.3) is 0 Å². The van der Waals surface area contributed by atoms with E-state index in [1.54, 1.807) is 0 Å². The quantitative estimate of drug-likeness (QED) is 0.449. The Morgan fingerprint density at radius 2 is 1.16 bits per heavy atom. The van der Waals surface area contributed by atoms with Crippen molar-refractivity contribution in [1.82, 2.24) is 0 Å². The molecule has 0 spiro atoms. The van der Waals surface area contributed by atoms with Gasteiger partial charge in [-0.15, -0.1) is 0 Å². The first-order valence-electron chi connectivity index (χ1n) is 7.16. The number of rotatable bonds is 13. The molecule has 0 rings (SSSR count). The first kappa shape index (κ1) is 17.9. The van der Waals surface area contributed by atoms with E-state index in [1.807, 2.05) is 0 Å². The second kappa shape index (κ2) is 12.0. The van der Waals surface area contributed by atoms with E-state index in [2.05, 4.69) is 0 Å². The summed E-state index contributed by atoms with van der Waals surface area (Å²) in [4.78, 5) is 20.6. The first-order valence-corrected chi connectivity index (χ1v) is 7.16. The number of carboxylic acids is 2. The highest BCUT2D eigenvalue weighted by Crippen LogP contribution is 2.12. The van der Waals surface area contributed by atoms with Gasteiger partial charge in [0.15, 0.2) is 6.10 Å². The van der Waals surface area contributed by atoms with Crippen LogP contribution >= 0.6 is 0 Å². The van der Waals surface area contributed by atoms with Gasteiger partial charge in [0.1, 0.15) is 0 Å². The molecule has 5 nitrogen and oxygen atoms in total. The Bertz CT molecular complexity index is 252. The van der Waals surface area contributed by atoms with Crippen molar-refractivity contribution in [3.63, 3.8) is 0 Å². The van der Waals surface area contributed by atoms with Crippen molar-refractivity contribution in [2.75, 3.05) is 0 Å². The second-order valence-electron chi connectivity index (χ2n) is 4.97. The molecule has 5 heteroatoms. The highest BCUT2D eigenvalue weighted by atomic mass is 16.4. The molecule has 0 fully saturated rings. The van der Waals surface area contributed by atoms with Gasteiger partial charge in [0.2, 0.25) is 0 Å². The predicted molar refractivity (Wildman–Crippen MR) is 72.1 cm³/mol. The van der Waals surface area contributed by atoms with Crippen LogP contribution in [0.15, 0.2) is 0 Å². The molecule has 0 aromatic heterocycles. The van der Waals surface area contributed by atoms with Crippen molar-refractivity contribution in [2.24, 2.45) is 0 Å². The Morgan fingerprint density at radius 3 is 1.58 bits per heavy atom. The highest BCUT2D eigenvalue weighted by molar-refractivity contribution is 5.71. The number of aliphatic hydroxyl groups excluding tert-OH is 1. The summed E-state index contributed by atoms with van der Waals surface area (Å²) in [7, 11) is 0. The molecule has 1 unspecified atom stereocenters. The van der Waals surface area contributed by atoms with Crippen LogP contribution in [0.5, 0.6) is 0 Å². The van der Waals surface area contributed by atoms with E-state index in [4.69, 9.17) is 15.3 Å². The predicted octanol–water partition coefficient (Wildman–Crippen LogP) is 2.81. The van der Waals surface area contributed by atoms with Crippen molar-refractivity contribution < 1.29 is 24.9 Å². The number of unbranched alkanes of at least 4 members (excludes halogenated alkanes) is 8. The smallest absolute Gasteiger partial charge is 0.332 e. The van der Waals surface area contributed by atoms with E-state index in [-0.39, 0.29) is 6.42 Å².